The highest BCUT2D eigenvalue weighted by Crippen LogP contribution is 2.38. The van der Waals surface area contributed by atoms with Crippen LogP contribution in [0.3, 0.4) is 0 Å². The lowest BCUT2D eigenvalue weighted by Crippen LogP contribution is -2.14. The maximum atomic E-state index is 6.00. The first-order chi connectivity index (χ1) is 8.19. The second kappa shape index (κ2) is 5.91. The fourth-order valence-corrected chi connectivity index (χ4v) is 2.55. The minimum Gasteiger partial charge on any atom is -0.370 e. The van der Waals surface area contributed by atoms with Crippen molar-refractivity contribution < 1.29 is 0 Å². The Labute approximate surface area is 112 Å². The molecule has 0 radical (unpaired) electrons. The van der Waals surface area contributed by atoms with Gasteiger partial charge in [-0.1, -0.05) is 18.5 Å². The first kappa shape index (κ1) is 13.0. The highest BCUT2D eigenvalue weighted by Gasteiger charge is 2.27. The Morgan fingerprint density at radius 2 is 2.29 bits per heavy atom. The molecule has 0 bridgehead atoms. The number of aromatic nitrogens is 2. The van der Waals surface area contributed by atoms with Crippen LogP contribution in [0.15, 0.2) is 6.07 Å². The largest absolute Gasteiger partial charge is 0.370 e. The molecule has 17 heavy (non-hydrogen) atoms. The molecular weight excluding hydrogens is 254 g/mol. The van der Waals surface area contributed by atoms with Crippen LogP contribution in [0.25, 0.3) is 0 Å². The molecule has 1 saturated carbocycles. The molecule has 1 aromatic rings. The van der Waals surface area contributed by atoms with E-state index in [2.05, 4.69) is 28.5 Å². The summed E-state index contributed by atoms with van der Waals surface area (Å²) < 4.78 is 0. The van der Waals surface area contributed by atoms with Crippen LogP contribution in [0.1, 0.15) is 31.5 Å². The normalized spacial score (nSPS) is 16.9. The topological polar surface area (TPSA) is 37.8 Å². The maximum absolute atomic E-state index is 6.00. The standard InChI is InChI=1S/C12H18ClN3S/c1-8(7-17-2)6-14-11-5-10(13)15-12(16-11)9-3-4-9/h5,8-9H,3-4,6-7H2,1-2H3,(H,14,15,16). The van der Waals surface area contributed by atoms with Gasteiger partial charge in [0.25, 0.3) is 0 Å². The van der Waals surface area contributed by atoms with Gasteiger partial charge in [0.05, 0.1) is 0 Å². The van der Waals surface area contributed by atoms with E-state index in [1.165, 1.54) is 12.8 Å². The molecule has 1 fully saturated rings. The van der Waals surface area contributed by atoms with E-state index >= 15 is 0 Å². The summed E-state index contributed by atoms with van der Waals surface area (Å²) >= 11 is 7.87. The Bertz CT molecular complexity index is 382. The third-order valence-electron chi connectivity index (χ3n) is 2.74. The number of rotatable bonds is 6. The molecule has 0 spiro atoms. The van der Waals surface area contributed by atoms with E-state index in [9.17, 15) is 0 Å². The summed E-state index contributed by atoms with van der Waals surface area (Å²) in [5.74, 6) is 4.08. The Balaban J connectivity index is 1.95. The molecule has 3 nitrogen and oxygen atoms in total. The molecule has 1 atom stereocenters. The summed E-state index contributed by atoms with van der Waals surface area (Å²) in [7, 11) is 0. The Morgan fingerprint density at radius 1 is 1.53 bits per heavy atom. The highest BCUT2D eigenvalue weighted by atomic mass is 35.5. The first-order valence-corrected chi connectivity index (χ1v) is 7.73. The zero-order chi connectivity index (χ0) is 12.3. The van der Waals surface area contributed by atoms with Crippen molar-refractivity contribution in [1.29, 1.82) is 0 Å². The number of thioether (sulfide) groups is 1. The molecule has 1 heterocycles. The lowest BCUT2D eigenvalue weighted by Gasteiger charge is -2.12. The van der Waals surface area contributed by atoms with Gasteiger partial charge in [0.2, 0.25) is 0 Å². The average molecular weight is 272 g/mol. The van der Waals surface area contributed by atoms with Gasteiger partial charge in [-0.05, 0) is 30.8 Å². The summed E-state index contributed by atoms with van der Waals surface area (Å²) in [4.78, 5) is 8.78. The van der Waals surface area contributed by atoms with E-state index in [4.69, 9.17) is 11.6 Å². The van der Waals surface area contributed by atoms with Crippen molar-refractivity contribution in [2.24, 2.45) is 5.92 Å². The molecule has 1 aliphatic rings. The fourth-order valence-electron chi connectivity index (χ4n) is 1.67. The van der Waals surface area contributed by atoms with Gasteiger partial charge in [-0.15, -0.1) is 0 Å². The van der Waals surface area contributed by atoms with Gasteiger partial charge >= 0.3 is 0 Å². The maximum Gasteiger partial charge on any atom is 0.135 e. The Morgan fingerprint density at radius 3 is 2.94 bits per heavy atom. The van der Waals surface area contributed by atoms with E-state index in [1.54, 1.807) is 6.07 Å². The van der Waals surface area contributed by atoms with Crippen molar-refractivity contribution in [2.45, 2.75) is 25.7 Å². The van der Waals surface area contributed by atoms with E-state index in [0.717, 1.165) is 23.9 Å². The van der Waals surface area contributed by atoms with Crippen molar-refractivity contribution in [3.8, 4) is 0 Å². The van der Waals surface area contributed by atoms with Gasteiger partial charge in [0, 0.05) is 18.5 Å². The minimum absolute atomic E-state index is 0.540. The third-order valence-corrected chi connectivity index (χ3v) is 3.83. The zero-order valence-electron chi connectivity index (χ0n) is 10.2. The second-order valence-electron chi connectivity index (χ2n) is 4.65. The van der Waals surface area contributed by atoms with Crippen LogP contribution >= 0.6 is 23.4 Å². The minimum atomic E-state index is 0.540. The third kappa shape index (κ3) is 4.03. The molecule has 1 N–H and O–H groups in total. The number of hydrogen-bond donors (Lipinski definition) is 1. The summed E-state index contributed by atoms with van der Waals surface area (Å²) in [6.45, 7) is 3.16. The predicted molar refractivity (Wildman–Crippen MR) is 75.1 cm³/mol. The molecular formula is C12H18ClN3S. The van der Waals surface area contributed by atoms with Crippen LogP contribution in [-0.2, 0) is 0 Å². The number of nitrogens with zero attached hydrogens (tertiary/aromatic N) is 2. The van der Waals surface area contributed by atoms with Gasteiger partial charge in [0.15, 0.2) is 0 Å². The van der Waals surface area contributed by atoms with Crippen molar-refractivity contribution in [2.75, 3.05) is 23.9 Å². The molecule has 0 aliphatic heterocycles. The van der Waals surface area contributed by atoms with Crippen LogP contribution in [0, 0.1) is 5.92 Å². The highest BCUT2D eigenvalue weighted by molar-refractivity contribution is 7.98. The van der Waals surface area contributed by atoms with E-state index in [1.807, 2.05) is 11.8 Å². The first-order valence-electron chi connectivity index (χ1n) is 5.96. The van der Waals surface area contributed by atoms with Crippen molar-refractivity contribution >= 4 is 29.2 Å². The zero-order valence-corrected chi connectivity index (χ0v) is 11.8. The summed E-state index contributed by atoms with van der Waals surface area (Å²) in [5, 5.41) is 3.89. The lowest BCUT2D eigenvalue weighted by molar-refractivity contribution is 0.698. The van der Waals surface area contributed by atoms with Crippen LogP contribution < -0.4 is 5.32 Å². The number of halogens is 1. The van der Waals surface area contributed by atoms with Gasteiger partial charge in [-0.25, -0.2) is 9.97 Å². The molecule has 5 heteroatoms. The second-order valence-corrected chi connectivity index (χ2v) is 5.95. The smallest absolute Gasteiger partial charge is 0.135 e. The molecule has 0 aromatic carbocycles. The summed E-state index contributed by atoms with van der Waals surface area (Å²) in [6, 6.07) is 1.80. The molecule has 0 amide bonds. The van der Waals surface area contributed by atoms with Crippen LogP contribution in [0.5, 0.6) is 0 Å². The van der Waals surface area contributed by atoms with E-state index < -0.39 is 0 Å². The van der Waals surface area contributed by atoms with Crippen LogP contribution in [-0.4, -0.2) is 28.5 Å². The molecule has 94 valence electrons. The number of nitrogens with one attached hydrogen (secondary N) is 1. The Hall–Kier alpha value is -0.480. The van der Waals surface area contributed by atoms with E-state index in [0.29, 0.717) is 17.0 Å². The molecule has 1 aliphatic carbocycles. The summed E-state index contributed by atoms with van der Waals surface area (Å²) in [6.07, 6.45) is 4.52. The van der Waals surface area contributed by atoms with Crippen LogP contribution in [0.4, 0.5) is 5.82 Å². The lowest BCUT2D eigenvalue weighted by atomic mass is 10.2. The summed E-state index contributed by atoms with van der Waals surface area (Å²) in [5.41, 5.74) is 0. The Kier molecular flexibility index (Phi) is 4.51. The van der Waals surface area contributed by atoms with E-state index in [-0.39, 0.29) is 0 Å². The van der Waals surface area contributed by atoms with Crippen molar-refractivity contribution in [1.82, 2.24) is 9.97 Å². The van der Waals surface area contributed by atoms with Crippen LogP contribution in [0.2, 0.25) is 5.15 Å². The quantitative estimate of drug-likeness (QED) is 0.805. The van der Waals surface area contributed by atoms with Crippen molar-refractivity contribution in [3.05, 3.63) is 17.0 Å². The fraction of sp³-hybridized carbons (Fsp3) is 0.667. The number of hydrogen-bond acceptors (Lipinski definition) is 4. The van der Waals surface area contributed by atoms with Gasteiger partial charge < -0.3 is 5.32 Å². The van der Waals surface area contributed by atoms with Gasteiger partial charge in [0.1, 0.15) is 16.8 Å². The SMILES string of the molecule is CSCC(C)CNc1cc(Cl)nc(C2CC2)n1. The monoisotopic (exact) mass is 271 g/mol. The number of anilines is 1. The molecule has 0 saturated heterocycles. The average Bonchev–Trinajstić information content (AvgIpc) is 3.10. The van der Waals surface area contributed by atoms with Gasteiger partial charge in [-0.3, -0.25) is 0 Å². The van der Waals surface area contributed by atoms with Crippen molar-refractivity contribution in [3.63, 3.8) is 0 Å². The molecule has 1 unspecified atom stereocenters. The molecule has 1 aromatic heterocycles. The van der Waals surface area contributed by atoms with Gasteiger partial charge in [-0.2, -0.15) is 11.8 Å². The predicted octanol–water partition coefficient (Wildman–Crippen LogP) is 3.42. The molecule has 2 rings (SSSR count).